The molecule has 0 aliphatic carbocycles. The van der Waals surface area contributed by atoms with Gasteiger partial charge in [0.25, 0.3) is 0 Å². The van der Waals surface area contributed by atoms with E-state index in [-0.39, 0.29) is 1.43 Å². The molecule has 1 heterocycles. The molecule has 2 heteroatoms. The number of nitrogens with two attached hydrogens (primary N) is 1. The molecule has 0 unspecified atom stereocenters. The monoisotopic (exact) mass is 152 g/mol. The van der Waals surface area contributed by atoms with E-state index in [9.17, 15) is 0 Å². The SMILES string of the molecule is CC(C)Cc1cccc(N)n1.[HH]. The molecule has 11 heavy (non-hydrogen) atoms. The van der Waals surface area contributed by atoms with Crippen LogP contribution in [0.2, 0.25) is 0 Å². The summed E-state index contributed by atoms with van der Waals surface area (Å²) in [7, 11) is 0. The maximum atomic E-state index is 5.52. The second-order valence-electron chi connectivity index (χ2n) is 3.15. The first-order chi connectivity index (χ1) is 5.18. The smallest absolute Gasteiger partial charge is 0.123 e. The van der Waals surface area contributed by atoms with E-state index >= 15 is 0 Å². The number of hydrogen-bond donors (Lipinski definition) is 1. The van der Waals surface area contributed by atoms with E-state index in [2.05, 4.69) is 18.8 Å². The fourth-order valence-corrected chi connectivity index (χ4v) is 1.03. The third-order valence-electron chi connectivity index (χ3n) is 1.45. The van der Waals surface area contributed by atoms with E-state index < -0.39 is 0 Å². The van der Waals surface area contributed by atoms with Crippen LogP contribution in [-0.2, 0) is 6.42 Å². The highest BCUT2D eigenvalue weighted by molar-refractivity contribution is 5.28. The van der Waals surface area contributed by atoms with Crippen molar-refractivity contribution >= 4 is 5.82 Å². The summed E-state index contributed by atoms with van der Waals surface area (Å²) in [6.45, 7) is 4.34. The van der Waals surface area contributed by atoms with Crippen molar-refractivity contribution in [1.29, 1.82) is 0 Å². The van der Waals surface area contributed by atoms with Crippen LogP contribution in [0.15, 0.2) is 18.2 Å². The van der Waals surface area contributed by atoms with E-state index in [1.165, 1.54) is 0 Å². The highest BCUT2D eigenvalue weighted by atomic mass is 14.8. The molecule has 2 nitrogen and oxygen atoms in total. The summed E-state index contributed by atoms with van der Waals surface area (Å²) >= 11 is 0. The topological polar surface area (TPSA) is 38.9 Å². The Hall–Kier alpha value is -1.05. The predicted molar refractivity (Wildman–Crippen MR) is 49.3 cm³/mol. The summed E-state index contributed by atoms with van der Waals surface area (Å²) in [5.41, 5.74) is 6.61. The number of aromatic nitrogens is 1. The van der Waals surface area contributed by atoms with Gasteiger partial charge in [0.05, 0.1) is 0 Å². The number of anilines is 1. The Morgan fingerprint density at radius 1 is 1.55 bits per heavy atom. The lowest BCUT2D eigenvalue weighted by Crippen LogP contribution is -1.99. The van der Waals surface area contributed by atoms with Crippen LogP contribution in [-0.4, -0.2) is 4.98 Å². The zero-order valence-corrected chi connectivity index (χ0v) is 7.04. The molecule has 1 aromatic heterocycles. The van der Waals surface area contributed by atoms with Gasteiger partial charge in [-0.25, -0.2) is 4.98 Å². The molecule has 0 aliphatic heterocycles. The molecule has 0 aliphatic rings. The molecule has 0 bridgehead atoms. The Labute approximate surface area is 68.9 Å². The quantitative estimate of drug-likeness (QED) is 0.705. The molecule has 0 spiro atoms. The van der Waals surface area contributed by atoms with Crippen LogP contribution < -0.4 is 5.73 Å². The van der Waals surface area contributed by atoms with Gasteiger partial charge < -0.3 is 5.73 Å². The molecule has 0 saturated heterocycles. The van der Waals surface area contributed by atoms with Gasteiger partial charge >= 0.3 is 0 Å². The van der Waals surface area contributed by atoms with Crippen LogP contribution in [0.3, 0.4) is 0 Å². The van der Waals surface area contributed by atoms with E-state index in [0.29, 0.717) is 11.7 Å². The summed E-state index contributed by atoms with van der Waals surface area (Å²) in [5.74, 6) is 1.26. The molecule has 1 rings (SSSR count). The minimum absolute atomic E-state index is 0. The number of nitrogens with zero attached hydrogens (tertiary/aromatic N) is 1. The fraction of sp³-hybridized carbons (Fsp3) is 0.444. The van der Waals surface area contributed by atoms with Crippen molar-refractivity contribution in [2.75, 3.05) is 5.73 Å². The van der Waals surface area contributed by atoms with Crippen LogP contribution in [0.4, 0.5) is 5.82 Å². The van der Waals surface area contributed by atoms with E-state index in [1.54, 1.807) is 0 Å². The molecule has 1 aromatic rings. The van der Waals surface area contributed by atoms with Gasteiger partial charge in [-0.3, -0.25) is 0 Å². The standard InChI is InChI=1S/C9H14N2.H2/c1-7(2)6-8-4-3-5-9(10)11-8;/h3-5,7H,6H2,1-2H3,(H2,10,11);1H. The summed E-state index contributed by atoms with van der Waals surface area (Å²) in [5, 5.41) is 0. The molecule has 0 saturated carbocycles. The van der Waals surface area contributed by atoms with Gasteiger partial charge in [0.15, 0.2) is 0 Å². The average Bonchev–Trinajstić information content (AvgIpc) is 1.85. The number of rotatable bonds is 2. The minimum Gasteiger partial charge on any atom is -0.384 e. The van der Waals surface area contributed by atoms with Crippen LogP contribution in [0.1, 0.15) is 21.0 Å². The molecule has 0 aromatic carbocycles. The summed E-state index contributed by atoms with van der Waals surface area (Å²) < 4.78 is 0. The third-order valence-corrected chi connectivity index (χ3v) is 1.45. The van der Waals surface area contributed by atoms with Crippen molar-refractivity contribution in [3.05, 3.63) is 23.9 Å². The van der Waals surface area contributed by atoms with Gasteiger partial charge in [-0.15, -0.1) is 0 Å². The molecule has 0 fully saturated rings. The summed E-state index contributed by atoms with van der Waals surface area (Å²) in [6, 6.07) is 5.76. The normalized spacial score (nSPS) is 10.5. The average molecular weight is 152 g/mol. The van der Waals surface area contributed by atoms with Gasteiger partial charge in [0, 0.05) is 7.12 Å². The maximum Gasteiger partial charge on any atom is 0.123 e. The lowest BCUT2D eigenvalue weighted by atomic mass is 10.1. The van der Waals surface area contributed by atoms with Crippen molar-refractivity contribution in [1.82, 2.24) is 4.98 Å². The zero-order valence-electron chi connectivity index (χ0n) is 7.04. The molecule has 0 atom stereocenters. The van der Waals surface area contributed by atoms with Crippen molar-refractivity contribution in [3.63, 3.8) is 0 Å². The highest BCUT2D eigenvalue weighted by Crippen LogP contribution is 2.06. The van der Waals surface area contributed by atoms with Crippen LogP contribution in [0.25, 0.3) is 0 Å². The Balaban J connectivity index is 0.00000121. The number of hydrogen-bond acceptors (Lipinski definition) is 2. The molecule has 2 N–H and O–H groups in total. The van der Waals surface area contributed by atoms with Crippen LogP contribution >= 0.6 is 0 Å². The van der Waals surface area contributed by atoms with Crippen LogP contribution in [0.5, 0.6) is 0 Å². The molecule has 0 amide bonds. The zero-order chi connectivity index (χ0) is 8.27. The van der Waals surface area contributed by atoms with E-state index in [4.69, 9.17) is 5.73 Å². The Kier molecular flexibility index (Phi) is 2.47. The molecule has 62 valence electrons. The largest absolute Gasteiger partial charge is 0.384 e. The van der Waals surface area contributed by atoms with Crippen molar-refractivity contribution in [3.8, 4) is 0 Å². The van der Waals surface area contributed by atoms with E-state index in [0.717, 1.165) is 12.1 Å². The van der Waals surface area contributed by atoms with Gasteiger partial charge in [0.1, 0.15) is 5.82 Å². The van der Waals surface area contributed by atoms with E-state index in [1.807, 2.05) is 18.2 Å². The molecule has 0 radical (unpaired) electrons. The lowest BCUT2D eigenvalue weighted by molar-refractivity contribution is 0.636. The third kappa shape index (κ3) is 2.58. The Bertz CT molecular complexity index is 236. The van der Waals surface area contributed by atoms with Gasteiger partial charge in [-0.1, -0.05) is 19.9 Å². The molecular formula is C9H16N2. The van der Waals surface area contributed by atoms with Gasteiger partial charge in [-0.2, -0.15) is 0 Å². The fourth-order valence-electron chi connectivity index (χ4n) is 1.03. The summed E-state index contributed by atoms with van der Waals surface area (Å²) in [4.78, 5) is 4.19. The summed E-state index contributed by atoms with van der Waals surface area (Å²) in [6.07, 6.45) is 1.00. The van der Waals surface area contributed by atoms with Crippen molar-refractivity contribution in [2.24, 2.45) is 5.92 Å². The van der Waals surface area contributed by atoms with Crippen LogP contribution in [0, 0.1) is 5.92 Å². The van der Waals surface area contributed by atoms with Gasteiger partial charge in [0.2, 0.25) is 0 Å². The first kappa shape index (κ1) is 8.05. The second-order valence-corrected chi connectivity index (χ2v) is 3.15. The first-order valence-corrected chi connectivity index (χ1v) is 3.90. The Morgan fingerprint density at radius 3 is 2.82 bits per heavy atom. The highest BCUT2D eigenvalue weighted by Gasteiger charge is 1.97. The number of nitrogen functional groups attached to an aromatic ring is 1. The second kappa shape index (κ2) is 3.37. The van der Waals surface area contributed by atoms with Gasteiger partial charge in [-0.05, 0) is 24.5 Å². The number of pyridine rings is 1. The maximum absolute atomic E-state index is 5.52. The molecular weight excluding hydrogens is 136 g/mol. The minimum atomic E-state index is 0. The lowest BCUT2D eigenvalue weighted by Gasteiger charge is -2.03. The first-order valence-electron chi connectivity index (χ1n) is 3.90. The predicted octanol–water partition coefficient (Wildman–Crippen LogP) is 2.11. The van der Waals surface area contributed by atoms with Crippen molar-refractivity contribution in [2.45, 2.75) is 20.3 Å². The van der Waals surface area contributed by atoms with Crippen molar-refractivity contribution < 1.29 is 1.43 Å². The Morgan fingerprint density at radius 2 is 2.27 bits per heavy atom.